The van der Waals surface area contributed by atoms with E-state index in [0.29, 0.717) is 6.42 Å². The Hall–Kier alpha value is -0.670. The fourth-order valence-electron chi connectivity index (χ4n) is 1.01. The van der Waals surface area contributed by atoms with E-state index in [9.17, 15) is 13.9 Å². The van der Waals surface area contributed by atoms with Gasteiger partial charge in [0.15, 0.2) is 11.6 Å². The van der Waals surface area contributed by atoms with E-state index in [0.717, 1.165) is 12.1 Å². The molecule has 0 spiro atoms. The molecule has 4 heteroatoms. The van der Waals surface area contributed by atoms with E-state index in [1.54, 1.807) is 6.92 Å². The number of benzene rings is 1. The van der Waals surface area contributed by atoms with Crippen molar-refractivity contribution in [3.8, 4) is 0 Å². The largest absolute Gasteiger partial charge is 0.388 e. The van der Waals surface area contributed by atoms with Gasteiger partial charge in [-0.15, -0.1) is 0 Å². The van der Waals surface area contributed by atoms with E-state index in [2.05, 4.69) is 0 Å². The molecule has 0 amide bonds. The van der Waals surface area contributed by atoms with Gasteiger partial charge in [0, 0.05) is 10.6 Å². The summed E-state index contributed by atoms with van der Waals surface area (Å²) in [4.78, 5) is 0. The molecule has 0 saturated heterocycles. The zero-order valence-electron chi connectivity index (χ0n) is 7.02. The molecule has 1 unspecified atom stereocenters. The maximum atomic E-state index is 12.7. The minimum Gasteiger partial charge on any atom is -0.388 e. The van der Waals surface area contributed by atoms with Crippen molar-refractivity contribution in [2.24, 2.45) is 0 Å². The molecule has 0 fully saturated rings. The Morgan fingerprint density at radius 2 is 1.92 bits per heavy atom. The van der Waals surface area contributed by atoms with Gasteiger partial charge in [0.1, 0.15) is 0 Å². The highest BCUT2D eigenvalue weighted by atomic mass is 35.5. The Balaban J connectivity index is 3.15. The summed E-state index contributed by atoms with van der Waals surface area (Å²) in [5.41, 5.74) is 0.225. The van der Waals surface area contributed by atoms with Crippen molar-refractivity contribution < 1.29 is 13.9 Å². The molecule has 13 heavy (non-hydrogen) atoms. The van der Waals surface area contributed by atoms with Crippen LogP contribution in [0.25, 0.3) is 0 Å². The summed E-state index contributed by atoms with van der Waals surface area (Å²) in [5, 5.41) is 9.40. The van der Waals surface area contributed by atoms with Gasteiger partial charge >= 0.3 is 0 Å². The predicted molar refractivity (Wildman–Crippen MR) is 46.6 cm³/mol. The molecule has 0 aliphatic heterocycles. The summed E-state index contributed by atoms with van der Waals surface area (Å²) in [5.74, 6) is -2.00. The number of halogens is 3. The molecule has 0 aromatic heterocycles. The van der Waals surface area contributed by atoms with Crippen LogP contribution >= 0.6 is 11.6 Å². The minimum absolute atomic E-state index is 0.0493. The zero-order chi connectivity index (χ0) is 10.0. The number of aliphatic hydroxyl groups is 1. The molecule has 1 aromatic rings. The molecule has 1 rings (SSSR count). The Morgan fingerprint density at radius 1 is 1.38 bits per heavy atom. The van der Waals surface area contributed by atoms with Crippen molar-refractivity contribution in [1.29, 1.82) is 0 Å². The molecular formula is C9H9ClF2O. The van der Waals surface area contributed by atoms with E-state index in [1.807, 2.05) is 0 Å². The van der Waals surface area contributed by atoms with Gasteiger partial charge in [-0.05, 0) is 18.6 Å². The third kappa shape index (κ3) is 2.17. The lowest BCUT2D eigenvalue weighted by Crippen LogP contribution is -1.98. The highest BCUT2D eigenvalue weighted by Gasteiger charge is 2.13. The first kappa shape index (κ1) is 10.4. The van der Waals surface area contributed by atoms with Gasteiger partial charge in [0.05, 0.1) is 6.10 Å². The van der Waals surface area contributed by atoms with Crippen molar-refractivity contribution in [2.75, 3.05) is 0 Å². The van der Waals surface area contributed by atoms with Crippen LogP contribution in [-0.4, -0.2) is 5.11 Å². The van der Waals surface area contributed by atoms with E-state index in [4.69, 9.17) is 11.6 Å². The summed E-state index contributed by atoms with van der Waals surface area (Å²) in [6.45, 7) is 1.72. The SMILES string of the molecule is CCC(O)c1cc(F)c(F)cc1Cl. The molecule has 0 heterocycles. The number of hydrogen-bond donors (Lipinski definition) is 1. The molecule has 1 nitrogen and oxygen atoms in total. The lowest BCUT2D eigenvalue weighted by Gasteiger charge is -2.10. The molecular weight excluding hydrogens is 198 g/mol. The topological polar surface area (TPSA) is 20.2 Å². The van der Waals surface area contributed by atoms with Gasteiger partial charge in [-0.25, -0.2) is 8.78 Å². The second kappa shape index (κ2) is 4.03. The third-order valence-corrected chi connectivity index (χ3v) is 2.11. The van der Waals surface area contributed by atoms with Crippen LogP contribution in [0.15, 0.2) is 12.1 Å². The molecule has 0 aliphatic rings. The lowest BCUT2D eigenvalue weighted by atomic mass is 10.1. The summed E-state index contributed by atoms with van der Waals surface area (Å²) >= 11 is 5.61. The van der Waals surface area contributed by atoms with Crippen molar-refractivity contribution in [3.63, 3.8) is 0 Å². The Labute approximate surface area is 80.0 Å². The Kier molecular flexibility index (Phi) is 3.22. The molecule has 72 valence electrons. The van der Waals surface area contributed by atoms with Crippen molar-refractivity contribution in [1.82, 2.24) is 0 Å². The Morgan fingerprint density at radius 3 is 2.46 bits per heavy atom. The molecule has 1 N–H and O–H groups in total. The van der Waals surface area contributed by atoms with Gasteiger partial charge in [-0.3, -0.25) is 0 Å². The van der Waals surface area contributed by atoms with Crippen LogP contribution in [-0.2, 0) is 0 Å². The van der Waals surface area contributed by atoms with Crippen LogP contribution in [0.2, 0.25) is 5.02 Å². The van der Waals surface area contributed by atoms with E-state index in [1.165, 1.54) is 0 Å². The maximum absolute atomic E-state index is 12.7. The van der Waals surface area contributed by atoms with Crippen LogP contribution < -0.4 is 0 Å². The third-order valence-electron chi connectivity index (χ3n) is 1.79. The summed E-state index contributed by atoms with van der Waals surface area (Å²) in [6, 6.07) is 1.79. The predicted octanol–water partition coefficient (Wildman–Crippen LogP) is 3.06. The Bertz CT molecular complexity index is 315. The second-order valence-electron chi connectivity index (χ2n) is 2.71. The number of hydrogen-bond acceptors (Lipinski definition) is 1. The van der Waals surface area contributed by atoms with Gasteiger partial charge in [-0.2, -0.15) is 0 Å². The molecule has 1 atom stereocenters. The average Bonchev–Trinajstić information content (AvgIpc) is 2.10. The van der Waals surface area contributed by atoms with Crippen LogP contribution in [0.5, 0.6) is 0 Å². The van der Waals surface area contributed by atoms with E-state index in [-0.39, 0.29) is 10.6 Å². The summed E-state index contributed by atoms with van der Waals surface area (Å²) in [7, 11) is 0. The normalized spacial score (nSPS) is 13.0. The first-order valence-corrected chi connectivity index (χ1v) is 4.26. The van der Waals surface area contributed by atoms with Crippen LogP contribution in [0, 0.1) is 11.6 Å². The zero-order valence-corrected chi connectivity index (χ0v) is 7.78. The molecule has 0 aliphatic carbocycles. The molecule has 0 bridgehead atoms. The molecule has 0 radical (unpaired) electrons. The average molecular weight is 207 g/mol. The van der Waals surface area contributed by atoms with Crippen LogP contribution in [0.4, 0.5) is 8.78 Å². The van der Waals surface area contributed by atoms with Crippen molar-refractivity contribution >= 4 is 11.6 Å². The molecule has 0 saturated carbocycles. The first-order valence-electron chi connectivity index (χ1n) is 3.88. The summed E-state index contributed by atoms with van der Waals surface area (Å²) < 4.78 is 25.3. The quantitative estimate of drug-likeness (QED) is 0.738. The van der Waals surface area contributed by atoms with Gasteiger partial charge in [0.2, 0.25) is 0 Å². The van der Waals surface area contributed by atoms with Gasteiger partial charge in [-0.1, -0.05) is 18.5 Å². The number of aliphatic hydroxyl groups excluding tert-OH is 1. The smallest absolute Gasteiger partial charge is 0.160 e. The standard InChI is InChI=1S/C9H9ClF2O/c1-2-9(13)5-3-7(11)8(12)4-6(5)10/h3-4,9,13H,2H2,1H3. The second-order valence-corrected chi connectivity index (χ2v) is 3.12. The number of rotatable bonds is 2. The summed E-state index contributed by atoms with van der Waals surface area (Å²) in [6.07, 6.45) is -0.437. The van der Waals surface area contributed by atoms with Gasteiger partial charge < -0.3 is 5.11 Å². The lowest BCUT2D eigenvalue weighted by molar-refractivity contribution is 0.173. The maximum Gasteiger partial charge on any atom is 0.160 e. The van der Waals surface area contributed by atoms with Crippen LogP contribution in [0.1, 0.15) is 25.0 Å². The van der Waals surface area contributed by atoms with Crippen molar-refractivity contribution in [2.45, 2.75) is 19.4 Å². The first-order chi connectivity index (χ1) is 6.06. The van der Waals surface area contributed by atoms with E-state index < -0.39 is 17.7 Å². The van der Waals surface area contributed by atoms with Crippen LogP contribution in [0.3, 0.4) is 0 Å². The highest BCUT2D eigenvalue weighted by Crippen LogP contribution is 2.27. The molecule has 1 aromatic carbocycles. The fourth-order valence-corrected chi connectivity index (χ4v) is 1.29. The highest BCUT2D eigenvalue weighted by molar-refractivity contribution is 6.31. The van der Waals surface area contributed by atoms with Gasteiger partial charge in [0.25, 0.3) is 0 Å². The van der Waals surface area contributed by atoms with Crippen molar-refractivity contribution in [3.05, 3.63) is 34.4 Å². The minimum atomic E-state index is -1.00. The van der Waals surface area contributed by atoms with E-state index >= 15 is 0 Å². The fraction of sp³-hybridized carbons (Fsp3) is 0.333. The monoisotopic (exact) mass is 206 g/mol.